The van der Waals surface area contributed by atoms with Crippen LogP contribution >= 0.6 is 0 Å². The van der Waals surface area contributed by atoms with Gasteiger partial charge in [-0.1, -0.05) is 24.3 Å². The van der Waals surface area contributed by atoms with Crippen molar-refractivity contribution in [3.05, 3.63) is 93.4 Å². The lowest BCUT2D eigenvalue weighted by atomic mass is 9.89. The van der Waals surface area contributed by atoms with Gasteiger partial charge in [0.15, 0.2) is 18.3 Å². The van der Waals surface area contributed by atoms with Gasteiger partial charge in [-0.2, -0.15) is 0 Å². The van der Waals surface area contributed by atoms with E-state index < -0.39 is 18.3 Å². The zero-order valence-electron chi connectivity index (χ0n) is 19.7. The second-order valence-corrected chi connectivity index (χ2v) is 8.30. The molecular weight excluding hydrogens is 481 g/mol. The van der Waals surface area contributed by atoms with Gasteiger partial charge in [-0.3, -0.25) is 10.4 Å². The summed E-state index contributed by atoms with van der Waals surface area (Å²) in [5.41, 5.74) is 8.12. The standard InChI is InChI=1S/C25H24FN7O4/c26-6-9-36-20-12-17(11-18-13-35-14-37-21(18)20)19(10-15-2-4-16(5-3-15)22(27)28)23-31-25(34)33(32-23)24-29-7-1-8-30-24/h1-5,7-8,11-12,19H,6,9-10,13-14H2,(H3,27,28)(H,31,32,34). The van der Waals surface area contributed by atoms with Gasteiger partial charge >= 0.3 is 5.69 Å². The number of nitrogens with zero attached hydrogens (tertiary/aromatic N) is 4. The molecule has 1 aliphatic rings. The van der Waals surface area contributed by atoms with Gasteiger partial charge in [0.05, 0.1) is 6.61 Å². The number of nitrogens with two attached hydrogens (primary N) is 1. The maximum absolute atomic E-state index is 12.9. The zero-order chi connectivity index (χ0) is 25.8. The minimum atomic E-state index is -0.657. The van der Waals surface area contributed by atoms with Gasteiger partial charge in [0, 0.05) is 29.4 Å². The smallest absolute Gasteiger partial charge is 0.350 e. The summed E-state index contributed by atoms with van der Waals surface area (Å²) in [5.74, 6) is 0.934. The molecule has 4 N–H and O–H groups in total. The summed E-state index contributed by atoms with van der Waals surface area (Å²) in [4.78, 5) is 23.9. The van der Waals surface area contributed by atoms with Crippen molar-refractivity contribution in [3.8, 4) is 17.4 Å². The number of aromatic nitrogens is 5. The molecule has 37 heavy (non-hydrogen) atoms. The first-order valence-corrected chi connectivity index (χ1v) is 11.5. The van der Waals surface area contributed by atoms with Crippen molar-refractivity contribution in [1.29, 1.82) is 5.41 Å². The molecular formula is C25H24FN7O4. The molecule has 3 heterocycles. The van der Waals surface area contributed by atoms with Crippen molar-refractivity contribution in [2.75, 3.05) is 20.1 Å². The number of nitrogen functional groups attached to an aromatic ring is 1. The van der Waals surface area contributed by atoms with Gasteiger partial charge in [0.25, 0.3) is 5.95 Å². The average Bonchev–Trinajstić information content (AvgIpc) is 3.32. The SMILES string of the molecule is N=C(N)c1ccc(CC(c2cc3c(c(OCCF)c2)OCOC3)c2nn(-c3ncccn3)c(=O)[nH]2)cc1. The van der Waals surface area contributed by atoms with E-state index in [-0.39, 0.29) is 31.8 Å². The maximum atomic E-state index is 12.9. The van der Waals surface area contributed by atoms with Crippen molar-refractivity contribution in [3.63, 3.8) is 0 Å². The van der Waals surface area contributed by atoms with Crippen LogP contribution < -0.4 is 20.9 Å². The normalized spacial score (nSPS) is 13.4. The second-order valence-electron chi connectivity index (χ2n) is 8.30. The number of fused-ring (bicyclic) bond motifs is 1. The predicted molar refractivity (Wildman–Crippen MR) is 131 cm³/mol. The average molecular weight is 506 g/mol. The number of nitrogens with one attached hydrogen (secondary N) is 2. The highest BCUT2D eigenvalue weighted by Gasteiger charge is 2.26. The van der Waals surface area contributed by atoms with Crippen LogP contribution in [0.3, 0.4) is 0 Å². The Hall–Kier alpha value is -4.58. The van der Waals surface area contributed by atoms with E-state index >= 15 is 0 Å². The molecule has 0 saturated carbocycles. The van der Waals surface area contributed by atoms with Crippen molar-refractivity contribution < 1.29 is 18.6 Å². The largest absolute Gasteiger partial charge is 0.487 e. The molecule has 1 unspecified atom stereocenters. The molecule has 0 saturated heterocycles. The van der Waals surface area contributed by atoms with Crippen LogP contribution in [0.15, 0.2) is 59.7 Å². The molecule has 4 aromatic rings. The second kappa shape index (κ2) is 10.6. The number of hydrogen-bond donors (Lipinski definition) is 3. The molecule has 1 atom stereocenters. The van der Waals surface area contributed by atoms with E-state index in [0.717, 1.165) is 21.4 Å². The van der Waals surface area contributed by atoms with E-state index in [1.54, 1.807) is 24.3 Å². The molecule has 12 heteroatoms. The van der Waals surface area contributed by atoms with Crippen molar-refractivity contribution in [2.45, 2.75) is 18.9 Å². The Bertz CT molecular complexity index is 1450. The quantitative estimate of drug-likeness (QED) is 0.231. The molecule has 190 valence electrons. The van der Waals surface area contributed by atoms with Gasteiger partial charge in [-0.25, -0.2) is 19.2 Å². The van der Waals surface area contributed by atoms with Gasteiger partial charge in [-0.05, 0) is 35.7 Å². The Morgan fingerprint density at radius 2 is 2.03 bits per heavy atom. The molecule has 1 aliphatic heterocycles. The predicted octanol–water partition coefficient (Wildman–Crippen LogP) is 2.22. The van der Waals surface area contributed by atoms with Crippen LogP contribution in [0.2, 0.25) is 0 Å². The summed E-state index contributed by atoms with van der Waals surface area (Å²) in [6.45, 7) is -0.429. The van der Waals surface area contributed by atoms with E-state index in [1.165, 1.54) is 12.4 Å². The summed E-state index contributed by atoms with van der Waals surface area (Å²) >= 11 is 0. The van der Waals surface area contributed by atoms with E-state index in [1.807, 2.05) is 18.2 Å². The first kappa shape index (κ1) is 24.1. The maximum Gasteiger partial charge on any atom is 0.350 e. The number of hydrogen-bond acceptors (Lipinski definition) is 8. The number of aromatic amines is 1. The highest BCUT2D eigenvalue weighted by Crippen LogP contribution is 2.39. The van der Waals surface area contributed by atoms with Crippen LogP contribution in [0.5, 0.6) is 11.5 Å². The molecule has 5 rings (SSSR count). The topological polar surface area (TPSA) is 154 Å². The molecule has 2 aromatic carbocycles. The first-order valence-electron chi connectivity index (χ1n) is 11.5. The Labute approximate surface area is 210 Å². The van der Waals surface area contributed by atoms with Crippen LogP contribution in [-0.4, -0.2) is 50.6 Å². The number of benzene rings is 2. The third-order valence-electron chi connectivity index (χ3n) is 5.85. The minimum Gasteiger partial charge on any atom is -0.487 e. The number of amidine groups is 1. The number of H-pyrrole nitrogens is 1. The Balaban J connectivity index is 1.60. The van der Waals surface area contributed by atoms with Crippen molar-refractivity contribution >= 4 is 5.84 Å². The molecule has 0 spiro atoms. The summed E-state index contributed by atoms with van der Waals surface area (Å²) in [6, 6.07) is 12.6. The van der Waals surface area contributed by atoms with Crippen LogP contribution in [0.1, 0.15) is 34.0 Å². The fourth-order valence-electron chi connectivity index (χ4n) is 4.13. The van der Waals surface area contributed by atoms with E-state index in [0.29, 0.717) is 29.3 Å². The number of rotatable bonds is 9. The molecule has 11 nitrogen and oxygen atoms in total. The van der Waals surface area contributed by atoms with Crippen LogP contribution in [-0.2, 0) is 17.8 Å². The molecule has 0 radical (unpaired) electrons. The van der Waals surface area contributed by atoms with Crippen molar-refractivity contribution in [2.24, 2.45) is 5.73 Å². The third-order valence-corrected chi connectivity index (χ3v) is 5.85. The van der Waals surface area contributed by atoms with Gasteiger partial charge in [-0.15, -0.1) is 9.78 Å². The van der Waals surface area contributed by atoms with Crippen LogP contribution in [0.25, 0.3) is 5.95 Å². The van der Waals surface area contributed by atoms with E-state index in [9.17, 15) is 9.18 Å². The van der Waals surface area contributed by atoms with Gasteiger partial charge < -0.3 is 19.9 Å². The Morgan fingerprint density at radius 3 is 2.76 bits per heavy atom. The van der Waals surface area contributed by atoms with Crippen LogP contribution in [0, 0.1) is 5.41 Å². The van der Waals surface area contributed by atoms with Gasteiger partial charge in [0.1, 0.15) is 24.9 Å². The lowest BCUT2D eigenvalue weighted by Crippen LogP contribution is -2.18. The van der Waals surface area contributed by atoms with E-state index in [4.69, 9.17) is 25.4 Å². The van der Waals surface area contributed by atoms with Crippen LogP contribution in [0.4, 0.5) is 4.39 Å². The molecule has 0 aliphatic carbocycles. The number of ether oxygens (including phenoxy) is 3. The number of halogens is 1. The lowest BCUT2D eigenvalue weighted by Gasteiger charge is -2.24. The number of alkyl halides is 1. The summed E-state index contributed by atoms with van der Waals surface area (Å²) in [7, 11) is 0. The molecule has 2 aromatic heterocycles. The molecule has 0 fully saturated rings. The molecule has 0 amide bonds. The Kier molecular flexibility index (Phi) is 6.90. The van der Waals surface area contributed by atoms with E-state index in [2.05, 4.69) is 20.1 Å². The Morgan fingerprint density at radius 1 is 1.24 bits per heavy atom. The summed E-state index contributed by atoms with van der Waals surface area (Å²) < 4.78 is 30.8. The zero-order valence-corrected chi connectivity index (χ0v) is 19.7. The monoisotopic (exact) mass is 505 g/mol. The van der Waals surface area contributed by atoms with Gasteiger partial charge in [0.2, 0.25) is 0 Å². The summed E-state index contributed by atoms with van der Waals surface area (Å²) in [5, 5.41) is 12.2. The van der Waals surface area contributed by atoms with Crippen molar-refractivity contribution in [1.82, 2.24) is 24.7 Å². The third kappa shape index (κ3) is 5.19. The minimum absolute atomic E-state index is 0.0293. The molecule has 0 bridgehead atoms. The fraction of sp³-hybridized carbons (Fsp3) is 0.240. The lowest BCUT2D eigenvalue weighted by molar-refractivity contribution is -0.0185. The highest BCUT2D eigenvalue weighted by molar-refractivity contribution is 5.94. The first-order chi connectivity index (χ1) is 18.0. The highest BCUT2D eigenvalue weighted by atomic mass is 19.1. The summed E-state index contributed by atoms with van der Waals surface area (Å²) in [6.07, 6.45) is 3.48. The fourth-order valence-corrected chi connectivity index (χ4v) is 4.13.